The van der Waals surface area contributed by atoms with Gasteiger partial charge in [-0.15, -0.1) is 0 Å². The molecule has 8 heteroatoms. The lowest BCUT2D eigenvalue weighted by Gasteiger charge is -2.37. The maximum Gasteiger partial charge on any atom is 0.358 e. The predicted octanol–water partition coefficient (Wildman–Crippen LogP) is 6.76. The van der Waals surface area contributed by atoms with E-state index in [-0.39, 0.29) is 42.3 Å². The molecule has 0 aromatic heterocycles. The maximum absolute atomic E-state index is 15.1. The molecule has 38 heavy (non-hydrogen) atoms. The van der Waals surface area contributed by atoms with E-state index in [1.165, 1.54) is 25.7 Å². The number of carbonyl (C=O) groups is 2. The lowest BCUT2D eigenvalue weighted by Crippen LogP contribution is -2.39. The average molecular weight is 543 g/mol. The van der Waals surface area contributed by atoms with Gasteiger partial charge >= 0.3 is 18.0 Å². The number of hydrogen-bond acceptors (Lipinski definition) is 6. The molecule has 1 atom stereocenters. The highest BCUT2D eigenvalue weighted by molar-refractivity contribution is 5.88. The first-order valence-corrected chi connectivity index (χ1v) is 14.4. The Morgan fingerprint density at radius 1 is 0.921 bits per heavy atom. The summed E-state index contributed by atoms with van der Waals surface area (Å²) >= 11 is 0. The highest BCUT2D eigenvalue weighted by atomic mass is 19.3. The molecule has 0 aromatic carbocycles. The van der Waals surface area contributed by atoms with Crippen LogP contribution in [0.2, 0.25) is 0 Å². The lowest BCUT2D eigenvalue weighted by atomic mass is 9.77. The Morgan fingerprint density at radius 3 is 2.05 bits per heavy atom. The Hall–Kier alpha value is -1.80. The van der Waals surface area contributed by atoms with Crippen molar-refractivity contribution in [3.05, 3.63) is 24.3 Å². The highest BCUT2D eigenvalue weighted by Crippen LogP contribution is 2.43. The van der Waals surface area contributed by atoms with E-state index < -0.39 is 30.6 Å². The summed E-state index contributed by atoms with van der Waals surface area (Å²) in [5.41, 5.74) is 0.206. The Morgan fingerprint density at radius 2 is 1.50 bits per heavy atom. The second kappa shape index (κ2) is 16.3. The van der Waals surface area contributed by atoms with Crippen molar-refractivity contribution in [2.75, 3.05) is 19.8 Å². The van der Waals surface area contributed by atoms with Gasteiger partial charge in [-0.1, -0.05) is 45.8 Å². The van der Waals surface area contributed by atoms with E-state index in [1.54, 1.807) is 6.92 Å². The number of alkyl halides is 2. The molecule has 0 spiro atoms. The highest BCUT2D eigenvalue weighted by Gasteiger charge is 2.45. The summed E-state index contributed by atoms with van der Waals surface area (Å²) in [7, 11) is 0. The minimum absolute atomic E-state index is 0.0123. The first-order valence-electron chi connectivity index (χ1n) is 14.4. The van der Waals surface area contributed by atoms with Crippen LogP contribution in [0, 0.1) is 23.7 Å². The van der Waals surface area contributed by atoms with Crippen molar-refractivity contribution < 1.29 is 37.7 Å². The number of ether oxygens (including phenoxy) is 3. The van der Waals surface area contributed by atoms with E-state index in [4.69, 9.17) is 19.3 Å². The fourth-order valence-electron chi connectivity index (χ4n) is 5.61. The zero-order valence-electron chi connectivity index (χ0n) is 23.4. The Labute approximate surface area is 227 Å². The van der Waals surface area contributed by atoms with Gasteiger partial charge in [-0.3, -0.25) is 0 Å². The lowest BCUT2D eigenvalue weighted by molar-refractivity contribution is -0.302. The van der Waals surface area contributed by atoms with Gasteiger partial charge in [0.15, 0.2) is 0 Å². The Balaban J connectivity index is 1.81. The van der Waals surface area contributed by atoms with Crippen LogP contribution in [-0.2, 0) is 23.8 Å². The Bertz CT molecular complexity index is 767. The largest absolute Gasteiger partial charge is 0.462 e. The van der Waals surface area contributed by atoms with Crippen molar-refractivity contribution in [1.29, 1.82) is 0 Å². The molecule has 0 amide bonds. The average Bonchev–Trinajstić information content (AvgIpc) is 2.90. The number of aliphatic hydroxyl groups is 1. The van der Waals surface area contributed by atoms with Gasteiger partial charge in [-0.25, -0.2) is 9.59 Å². The zero-order valence-corrected chi connectivity index (χ0v) is 23.4. The van der Waals surface area contributed by atoms with Crippen LogP contribution < -0.4 is 0 Å². The van der Waals surface area contributed by atoms with Crippen LogP contribution in [0.5, 0.6) is 0 Å². The maximum atomic E-state index is 15.1. The molecule has 0 saturated heterocycles. The van der Waals surface area contributed by atoms with E-state index >= 15 is 8.78 Å². The van der Waals surface area contributed by atoms with Gasteiger partial charge in [0.25, 0.3) is 0 Å². The molecular formula is C30H48F2O6. The number of esters is 2. The summed E-state index contributed by atoms with van der Waals surface area (Å²) in [6.45, 7) is 10.3. The molecule has 2 rings (SSSR count). The third kappa shape index (κ3) is 11.1. The van der Waals surface area contributed by atoms with E-state index in [0.29, 0.717) is 50.9 Å². The van der Waals surface area contributed by atoms with Gasteiger partial charge in [0.1, 0.15) is 0 Å². The second-order valence-corrected chi connectivity index (χ2v) is 11.4. The molecule has 2 saturated carbocycles. The third-order valence-electron chi connectivity index (χ3n) is 8.05. The van der Waals surface area contributed by atoms with E-state index in [2.05, 4.69) is 20.1 Å². The van der Waals surface area contributed by atoms with Gasteiger partial charge < -0.3 is 19.3 Å². The normalized spacial score (nSPS) is 24.9. The van der Waals surface area contributed by atoms with Gasteiger partial charge in [0.2, 0.25) is 0 Å². The van der Waals surface area contributed by atoms with Crippen molar-refractivity contribution in [2.45, 2.75) is 110 Å². The summed E-state index contributed by atoms with van der Waals surface area (Å²) in [5.74, 6) is -1.54. The number of carbonyl (C=O) groups excluding carboxylic acids is 2. The first kappa shape index (κ1) is 32.4. The van der Waals surface area contributed by atoms with E-state index in [0.717, 1.165) is 12.8 Å². The van der Waals surface area contributed by atoms with Gasteiger partial charge in [0.05, 0.1) is 37.4 Å². The van der Waals surface area contributed by atoms with Crippen molar-refractivity contribution in [3.63, 3.8) is 0 Å². The van der Waals surface area contributed by atoms with Gasteiger partial charge in [-0.05, 0) is 76.5 Å². The number of unbranched alkanes of at least 4 members (excludes halogenated alkanes) is 2. The fraction of sp³-hybridized carbons (Fsp3) is 0.800. The smallest absolute Gasteiger partial charge is 0.358 e. The summed E-state index contributed by atoms with van der Waals surface area (Å²) in [6.07, 6.45) is 7.28. The monoisotopic (exact) mass is 542 g/mol. The fourth-order valence-corrected chi connectivity index (χ4v) is 5.61. The molecule has 2 aliphatic carbocycles. The number of aliphatic hydroxyl groups excluding tert-OH is 1. The molecule has 2 aliphatic rings. The molecule has 1 unspecified atom stereocenters. The zero-order chi connectivity index (χ0) is 28.1. The van der Waals surface area contributed by atoms with Crippen LogP contribution in [0.25, 0.3) is 0 Å². The standard InChI is InChI=1S/C30H48F2O6/c1-5-6-7-8-23-11-15-27(16-12-23)38-30(31,32)26-13-9-24(10-14-26)17-25(19-36-28(34)21(2)3)20-37-29(35)22(4)18-33/h23-27,33H,2,4-20H2,1,3H3. The topological polar surface area (TPSA) is 82.1 Å². The molecular weight excluding hydrogens is 494 g/mol. The summed E-state index contributed by atoms with van der Waals surface area (Å²) < 4.78 is 46.0. The predicted molar refractivity (Wildman–Crippen MR) is 142 cm³/mol. The van der Waals surface area contributed by atoms with E-state index in [9.17, 15) is 9.59 Å². The van der Waals surface area contributed by atoms with Gasteiger partial charge in [0, 0.05) is 11.5 Å². The van der Waals surface area contributed by atoms with Crippen LogP contribution in [0.4, 0.5) is 8.78 Å². The molecule has 6 nitrogen and oxygen atoms in total. The van der Waals surface area contributed by atoms with E-state index in [1.807, 2.05) is 0 Å². The SMILES string of the molecule is C=C(C)C(=O)OCC(COC(=O)C(=C)CO)CC1CCC(C(F)(F)OC2CCC(CCCCC)CC2)CC1. The van der Waals surface area contributed by atoms with Crippen molar-refractivity contribution in [1.82, 2.24) is 0 Å². The molecule has 0 heterocycles. The van der Waals surface area contributed by atoms with Crippen LogP contribution in [0.1, 0.15) is 97.3 Å². The van der Waals surface area contributed by atoms with Crippen LogP contribution >= 0.6 is 0 Å². The molecule has 0 bridgehead atoms. The van der Waals surface area contributed by atoms with Crippen LogP contribution in [0.15, 0.2) is 24.3 Å². The summed E-state index contributed by atoms with van der Waals surface area (Å²) in [6, 6.07) is 0. The molecule has 2 fully saturated rings. The summed E-state index contributed by atoms with van der Waals surface area (Å²) in [5, 5.41) is 9.06. The quantitative estimate of drug-likeness (QED) is 0.132. The van der Waals surface area contributed by atoms with Crippen LogP contribution in [0.3, 0.4) is 0 Å². The summed E-state index contributed by atoms with van der Waals surface area (Å²) in [4.78, 5) is 23.8. The first-order chi connectivity index (χ1) is 18.1. The molecule has 218 valence electrons. The molecule has 0 aromatic rings. The molecule has 1 N–H and O–H groups in total. The van der Waals surface area contributed by atoms with Crippen molar-refractivity contribution >= 4 is 11.9 Å². The molecule has 0 radical (unpaired) electrons. The minimum atomic E-state index is -3.12. The van der Waals surface area contributed by atoms with Gasteiger partial charge in [-0.2, -0.15) is 8.78 Å². The Kier molecular flexibility index (Phi) is 13.9. The number of halogens is 2. The third-order valence-corrected chi connectivity index (χ3v) is 8.05. The molecule has 0 aliphatic heterocycles. The minimum Gasteiger partial charge on any atom is -0.462 e. The van der Waals surface area contributed by atoms with Crippen molar-refractivity contribution in [3.8, 4) is 0 Å². The number of hydrogen-bond donors (Lipinski definition) is 1. The van der Waals surface area contributed by atoms with Crippen molar-refractivity contribution in [2.24, 2.45) is 23.7 Å². The number of rotatable bonds is 16. The van der Waals surface area contributed by atoms with Crippen LogP contribution in [-0.4, -0.2) is 49.1 Å². The second-order valence-electron chi connectivity index (χ2n) is 11.4.